The summed E-state index contributed by atoms with van der Waals surface area (Å²) in [6.45, 7) is 2.15. The van der Waals surface area contributed by atoms with Crippen LogP contribution in [-0.4, -0.2) is 6.04 Å². The molecule has 1 nitrogen and oxygen atoms in total. The van der Waals surface area contributed by atoms with Gasteiger partial charge in [0.25, 0.3) is 0 Å². The first-order valence-electron chi connectivity index (χ1n) is 4.56. The van der Waals surface area contributed by atoms with E-state index in [0.717, 1.165) is 5.92 Å². The molecule has 1 atom stereocenters. The summed E-state index contributed by atoms with van der Waals surface area (Å²) in [5.74, 6) is 0.822. The van der Waals surface area contributed by atoms with E-state index < -0.39 is 0 Å². The van der Waals surface area contributed by atoms with Crippen molar-refractivity contribution in [2.75, 3.05) is 0 Å². The largest absolute Gasteiger partial charge is 0.328 e. The van der Waals surface area contributed by atoms with Crippen LogP contribution in [-0.2, 0) is 0 Å². The fraction of sp³-hybridized carbons (Fsp3) is 1.00. The maximum absolute atomic E-state index is 5.84. The Kier molecular flexibility index (Phi) is 3.20. The summed E-state index contributed by atoms with van der Waals surface area (Å²) in [7, 11) is 0. The van der Waals surface area contributed by atoms with Crippen molar-refractivity contribution in [3.05, 3.63) is 0 Å². The lowest BCUT2D eigenvalue weighted by atomic mass is 9.94. The summed E-state index contributed by atoms with van der Waals surface area (Å²) in [6.07, 6.45) is 8.43. The normalized spacial score (nSPS) is 25.8. The van der Waals surface area contributed by atoms with Crippen LogP contribution in [0.3, 0.4) is 0 Å². The lowest BCUT2D eigenvalue weighted by molar-refractivity contribution is 0.393. The van der Waals surface area contributed by atoms with Gasteiger partial charge < -0.3 is 5.73 Å². The molecule has 2 N–H and O–H groups in total. The van der Waals surface area contributed by atoms with E-state index in [0.29, 0.717) is 6.04 Å². The van der Waals surface area contributed by atoms with Gasteiger partial charge in [-0.1, -0.05) is 25.7 Å². The van der Waals surface area contributed by atoms with E-state index >= 15 is 0 Å². The molecule has 1 saturated carbocycles. The van der Waals surface area contributed by atoms with E-state index in [1.165, 1.54) is 38.5 Å². The van der Waals surface area contributed by atoms with Gasteiger partial charge in [0.15, 0.2) is 0 Å². The van der Waals surface area contributed by atoms with Gasteiger partial charge in [0.1, 0.15) is 0 Å². The highest BCUT2D eigenvalue weighted by molar-refractivity contribution is 4.71. The maximum atomic E-state index is 5.84. The van der Waals surface area contributed by atoms with E-state index in [9.17, 15) is 0 Å². The number of rotatable bonds is 1. The summed E-state index contributed by atoms with van der Waals surface area (Å²) in [5, 5.41) is 0. The molecule has 0 spiro atoms. The Labute approximate surface area is 64.0 Å². The molecule has 0 aliphatic heterocycles. The first-order valence-corrected chi connectivity index (χ1v) is 4.56. The maximum Gasteiger partial charge on any atom is 0.00387 e. The highest BCUT2D eigenvalue weighted by Gasteiger charge is 2.14. The number of hydrogen-bond acceptors (Lipinski definition) is 1. The van der Waals surface area contributed by atoms with Crippen LogP contribution < -0.4 is 5.73 Å². The molecule has 0 heterocycles. The van der Waals surface area contributed by atoms with Crippen LogP contribution in [0.15, 0.2) is 0 Å². The lowest BCUT2D eigenvalue weighted by Gasteiger charge is -2.17. The van der Waals surface area contributed by atoms with Gasteiger partial charge in [-0.15, -0.1) is 0 Å². The standard InChI is InChI=1S/C9H19N/c1-8(10)9-6-4-2-3-5-7-9/h8-9H,2-7,10H2,1H3/t8-/m0/s1. The third-order valence-electron chi connectivity index (χ3n) is 2.64. The molecule has 1 fully saturated rings. The van der Waals surface area contributed by atoms with Gasteiger partial charge in [-0.05, 0) is 25.7 Å². The van der Waals surface area contributed by atoms with Crippen molar-refractivity contribution in [2.24, 2.45) is 11.7 Å². The third-order valence-corrected chi connectivity index (χ3v) is 2.64. The average molecular weight is 141 g/mol. The van der Waals surface area contributed by atoms with Crippen molar-refractivity contribution in [1.82, 2.24) is 0 Å². The van der Waals surface area contributed by atoms with Crippen LogP contribution in [0.5, 0.6) is 0 Å². The van der Waals surface area contributed by atoms with E-state index in [1.807, 2.05) is 0 Å². The summed E-state index contributed by atoms with van der Waals surface area (Å²) < 4.78 is 0. The van der Waals surface area contributed by atoms with Crippen LogP contribution >= 0.6 is 0 Å². The molecule has 10 heavy (non-hydrogen) atoms. The predicted octanol–water partition coefficient (Wildman–Crippen LogP) is 2.30. The van der Waals surface area contributed by atoms with Crippen molar-refractivity contribution in [3.8, 4) is 0 Å². The Hall–Kier alpha value is -0.0400. The Morgan fingerprint density at radius 3 is 2.00 bits per heavy atom. The lowest BCUT2D eigenvalue weighted by Crippen LogP contribution is -2.25. The highest BCUT2D eigenvalue weighted by Crippen LogP contribution is 2.24. The van der Waals surface area contributed by atoms with Gasteiger partial charge in [0.2, 0.25) is 0 Å². The van der Waals surface area contributed by atoms with Crippen LogP contribution in [0.25, 0.3) is 0 Å². The topological polar surface area (TPSA) is 26.0 Å². The molecular weight excluding hydrogens is 122 g/mol. The molecule has 0 amide bonds. The second-order valence-corrected chi connectivity index (χ2v) is 3.61. The summed E-state index contributed by atoms with van der Waals surface area (Å²) in [6, 6.07) is 0.429. The minimum atomic E-state index is 0.429. The van der Waals surface area contributed by atoms with Crippen LogP contribution in [0.2, 0.25) is 0 Å². The van der Waals surface area contributed by atoms with Crippen molar-refractivity contribution >= 4 is 0 Å². The quantitative estimate of drug-likeness (QED) is 0.557. The molecule has 0 radical (unpaired) electrons. The van der Waals surface area contributed by atoms with E-state index in [-0.39, 0.29) is 0 Å². The van der Waals surface area contributed by atoms with E-state index in [4.69, 9.17) is 5.73 Å². The number of hydrogen-bond donors (Lipinski definition) is 1. The van der Waals surface area contributed by atoms with Gasteiger partial charge >= 0.3 is 0 Å². The second kappa shape index (κ2) is 3.97. The van der Waals surface area contributed by atoms with Crippen molar-refractivity contribution in [2.45, 2.75) is 51.5 Å². The number of nitrogens with two attached hydrogens (primary N) is 1. The molecule has 1 aliphatic rings. The molecule has 0 unspecified atom stereocenters. The average Bonchev–Trinajstić information content (AvgIpc) is 2.12. The monoisotopic (exact) mass is 141 g/mol. The SMILES string of the molecule is C[C@H](N)C1CCCCCC1. The summed E-state index contributed by atoms with van der Waals surface area (Å²) >= 11 is 0. The zero-order valence-corrected chi connectivity index (χ0v) is 6.97. The molecule has 0 aromatic heterocycles. The Morgan fingerprint density at radius 1 is 1.10 bits per heavy atom. The summed E-state index contributed by atoms with van der Waals surface area (Å²) in [4.78, 5) is 0. The van der Waals surface area contributed by atoms with Crippen LogP contribution in [0, 0.1) is 5.92 Å². The fourth-order valence-corrected chi connectivity index (χ4v) is 1.84. The smallest absolute Gasteiger partial charge is 0.00387 e. The van der Waals surface area contributed by atoms with Gasteiger partial charge in [-0.3, -0.25) is 0 Å². The van der Waals surface area contributed by atoms with Crippen molar-refractivity contribution in [1.29, 1.82) is 0 Å². The van der Waals surface area contributed by atoms with E-state index in [1.54, 1.807) is 0 Å². The first kappa shape index (κ1) is 8.06. The van der Waals surface area contributed by atoms with E-state index in [2.05, 4.69) is 6.92 Å². The molecule has 1 heteroatoms. The van der Waals surface area contributed by atoms with Gasteiger partial charge in [-0.25, -0.2) is 0 Å². The molecule has 0 aromatic carbocycles. The molecule has 0 bridgehead atoms. The summed E-state index contributed by atoms with van der Waals surface area (Å²) in [5.41, 5.74) is 5.84. The van der Waals surface area contributed by atoms with Gasteiger partial charge in [-0.2, -0.15) is 0 Å². The molecule has 0 saturated heterocycles. The third kappa shape index (κ3) is 2.30. The molecule has 1 aliphatic carbocycles. The Bertz CT molecular complexity index is 80.7. The minimum absolute atomic E-state index is 0.429. The Morgan fingerprint density at radius 2 is 1.60 bits per heavy atom. The minimum Gasteiger partial charge on any atom is -0.328 e. The first-order chi connectivity index (χ1) is 4.80. The van der Waals surface area contributed by atoms with Gasteiger partial charge in [0, 0.05) is 6.04 Å². The van der Waals surface area contributed by atoms with Crippen LogP contribution in [0.1, 0.15) is 45.4 Å². The van der Waals surface area contributed by atoms with Crippen molar-refractivity contribution < 1.29 is 0 Å². The van der Waals surface area contributed by atoms with Gasteiger partial charge in [0.05, 0.1) is 0 Å². The Balaban J connectivity index is 2.28. The van der Waals surface area contributed by atoms with Crippen LogP contribution in [0.4, 0.5) is 0 Å². The predicted molar refractivity (Wildman–Crippen MR) is 44.8 cm³/mol. The molecular formula is C9H19N. The zero-order chi connectivity index (χ0) is 7.40. The molecule has 0 aromatic rings. The highest BCUT2D eigenvalue weighted by atomic mass is 14.6. The molecule has 1 rings (SSSR count). The fourth-order valence-electron chi connectivity index (χ4n) is 1.84. The molecule has 60 valence electrons. The second-order valence-electron chi connectivity index (χ2n) is 3.61. The zero-order valence-electron chi connectivity index (χ0n) is 6.97. The van der Waals surface area contributed by atoms with Crippen molar-refractivity contribution in [3.63, 3.8) is 0 Å².